The van der Waals surface area contributed by atoms with Crippen molar-refractivity contribution in [1.29, 1.82) is 0 Å². The lowest BCUT2D eigenvalue weighted by molar-refractivity contribution is 0.102. The van der Waals surface area contributed by atoms with Crippen molar-refractivity contribution in [2.75, 3.05) is 13.7 Å². The maximum absolute atomic E-state index is 6.21. The molecule has 3 rings (SSSR count). The van der Waals surface area contributed by atoms with Crippen LogP contribution < -0.4 is 0 Å². The van der Waals surface area contributed by atoms with Crippen LogP contribution in [0.2, 0.25) is 0 Å². The molecule has 0 bridgehead atoms. The molecule has 176 valence electrons. The maximum atomic E-state index is 6.21. The Bertz CT molecular complexity index is 843. The number of hydrogen-bond acceptors (Lipinski definition) is 3. The summed E-state index contributed by atoms with van der Waals surface area (Å²) >= 11 is 0. The Balaban J connectivity index is 1.56. The third-order valence-electron chi connectivity index (χ3n) is 6.41. The fourth-order valence-corrected chi connectivity index (χ4v) is 4.57. The van der Waals surface area contributed by atoms with Gasteiger partial charge in [-0.1, -0.05) is 65.2 Å². The van der Waals surface area contributed by atoms with Gasteiger partial charge in [0.15, 0.2) is 0 Å². The smallest absolute Gasteiger partial charge is 0.120 e. The lowest BCUT2D eigenvalue weighted by Gasteiger charge is -2.22. The first-order valence-corrected chi connectivity index (χ1v) is 12.9. The molecular formula is C28H43N3O. The first kappa shape index (κ1) is 24.6. The lowest BCUT2D eigenvalue weighted by Crippen LogP contribution is -2.21. The quantitative estimate of drug-likeness (QED) is 0.305. The lowest BCUT2D eigenvalue weighted by atomic mass is 10.1. The van der Waals surface area contributed by atoms with Gasteiger partial charge in [0.05, 0.1) is 22.8 Å². The number of hydrogen-bond donors (Lipinski definition) is 1. The Morgan fingerprint density at radius 1 is 0.938 bits per heavy atom. The monoisotopic (exact) mass is 437 g/mol. The molecule has 4 nitrogen and oxygen atoms in total. The van der Waals surface area contributed by atoms with Crippen LogP contribution in [0.25, 0.3) is 5.70 Å². The van der Waals surface area contributed by atoms with Crippen molar-refractivity contribution in [1.82, 2.24) is 9.88 Å². The molecule has 4 heteroatoms. The first-order valence-electron chi connectivity index (χ1n) is 12.9. The first-order chi connectivity index (χ1) is 15.6. The summed E-state index contributed by atoms with van der Waals surface area (Å²) in [6, 6.07) is 4.26. The standard InChI is InChI=1S/C28H43N3O/c1-5-7-8-9-10-11-12-13-14-15-23-17-19-25(30-23)28-27(32-20-6-2)21-26(31(28)4)24-18-16-22(3)29-24/h16-19,21,27,29H,5-15,20H2,1-4H3. The number of rotatable bonds is 14. The van der Waals surface area contributed by atoms with Crippen LogP contribution in [0.1, 0.15) is 95.9 Å². The topological polar surface area (TPSA) is 40.6 Å². The third kappa shape index (κ3) is 6.71. The van der Waals surface area contributed by atoms with Crippen molar-refractivity contribution >= 4 is 11.4 Å². The van der Waals surface area contributed by atoms with Gasteiger partial charge in [-0.25, -0.2) is 0 Å². The fourth-order valence-electron chi connectivity index (χ4n) is 4.57. The van der Waals surface area contributed by atoms with E-state index in [0.717, 1.165) is 42.2 Å². The van der Waals surface area contributed by atoms with E-state index in [9.17, 15) is 0 Å². The van der Waals surface area contributed by atoms with Crippen molar-refractivity contribution < 1.29 is 4.74 Å². The van der Waals surface area contributed by atoms with Crippen molar-refractivity contribution in [2.24, 2.45) is 4.99 Å². The molecule has 1 N–H and O–H groups in total. The number of H-pyrrole nitrogens is 1. The van der Waals surface area contributed by atoms with E-state index in [1.165, 1.54) is 69.2 Å². The molecule has 0 saturated carbocycles. The van der Waals surface area contributed by atoms with E-state index < -0.39 is 0 Å². The van der Waals surface area contributed by atoms with Gasteiger partial charge in [-0.05, 0) is 56.5 Å². The summed E-state index contributed by atoms with van der Waals surface area (Å²) in [5.41, 5.74) is 6.88. The highest BCUT2D eigenvalue weighted by Crippen LogP contribution is 2.36. The minimum atomic E-state index is -0.0472. The second kappa shape index (κ2) is 12.8. The van der Waals surface area contributed by atoms with Gasteiger partial charge in [0.25, 0.3) is 0 Å². The van der Waals surface area contributed by atoms with E-state index in [1.807, 2.05) is 0 Å². The van der Waals surface area contributed by atoms with Gasteiger partial charge >= 0.3 is 0 Å². The molecule has 1 unspecified atom stereocenters. The molecular weight excluding hydrogens is 394 g/mol. The van der Waals surface area contributed by atoms with Crippen molar-refractivity contribution in [3.63, 3.8) is 0 Å². The van der Waals surface area contributed by atoms with Crippen LogP contribution in [0.4, 0.5) is 0 Å². The van der Waals surface area contributed by atoms with Gasteiger partial charge in [-0.2, -0.15) is 0 Å². The number of aryl methyl sites for hydroxylation is 1. The maximum Gasteiger partial charge on any atom is 0.120 e. The van der Waals surface area contributed by atoms with E-state index in [2.05, 4.69) is 68.1 Å². The zero-order chi connectivity index (χ0) is 22.8. The number of unbranched alkanes of at least 4 members (excludes halogenated alkanes) is 8. The predicted octanol–water partition coefficient (Wildman–Crippen LogP) is 7.55. The normalized spacial score (nSPS) is 20.4. The summed E-state index contributed by atoms with van der Waals surface area (Å²) in [5.74, 6) is 0. The van der Waals surface area contributed by atoms with Crippen LogP contribution >= 0.6 is 0 Å². The molecule has 0 fully saturated rings. The summed E-state index contributed by atoms with van der Waals surface area (Å²) in [7, 11) is 2.13. The fraction of sp³-hybridized carbons (Fsp3) is 0.607. The molecule has 2 aliphatic heterocycles. The summed E-state index contributed by atoms with van der Waals surface area (Å²) in [5, 5.41) is 0. The van der Waals surface area contributed by atoms with Gasteiger partial charge in [-0.3, -0.25) is 4.99 Å². The van der Waals surface area contributed by atoms with Crippen LogP contribution in [0, 0.1) is 6.92 Å². The Labute approximate surface area is 195 Å². The zero-order valence-electron chi connectivity index (χ0n) is 20.8. The predicted molar refractivity (Wildman–Crippen MR) is 137 cm³/mol. The van der Waals surface area contributed by atoms with Crippen LogP contribution in [-0.4, -0.2) is 35.4 Å². The number of aliphatic imine (C=N–C) groups is 1. The molecule has 0 radical (unpaired) electrons. The van der Waals surface area contributed by atoms with E-state index in [1.54, 1.807) is 0 Å². The van der Waals surface area contributed by atoms with Crippen LogP contribution in [0.5, 0.6) is 0 Å². The second-order valence-corrected chi connectivity index (χ2v) is 9.24. The van der Waals surface area contributed by atoms with Gasteiger partial charge < -0.3 is 14.6 Å². The molecule has 0 amide bonds. The average Bonchev–Trinajstić information content (AvgIpc) is 3.50. The summed E-state index contributed by atoms with van der Waals surface area (Å²) in [4.78, 5) is 10.7. The van der Waals surface area contributed by atoms with Crippen molar-refractivity contribution in [3.8, 4) is 0 Å². The minimum absolute atomic E-state index is 0.0472. The van der Waals surface area contributed by atoms with Crippen LogP contribution in [0.15, 0.2) is 46.7 Å². The Morgan fingerprint density at radius 2 is 1.66 bits per heavy atom. The molecule has 1 aromatic rings. The number of aromatic nitrogens is 1. The molecule has 0 aromatic carbocycles. The molecule has 2 aliphatic rings. The Morgan fingerprint density at radius 3 is 2.31 bits per heavy atom. The highest BCUT2D eigenvalue weighted by Gasteiger charge is 2.31. The van der Waals surface area contributed by atoms with Crippen LogP contribution in [0.3, 0.4) is 0 Å². The highest BCUT2D eigenvalue weighted by molar-refractivity contribution is 5.98. The number of nitrogens with zero attached hydrogens (tertiary/aromatic N) is 2. The molecule has 0 spiro atoms. The van der Waals surface area contributed by atoms with E-state index in [4.69, 9.17) is 9.73 Å². The number of aromatic amines is 1. The number of nitrogens with one attached hydrogen (secondary N) is 1. The Hall–Kier alpha value is -2.07. The van der Waals surface area contributed by atoms with Crippen molar-refractivity contribution in [2.45, 2.75) is 97.5 Å². The van der Waals surface area contributed by atoms with E-state index >= 15 is 0 Å². The molecule has 3 heterocycles. The van der Waals surface area contributed by atoms with Crippen LogP contribution in [-0.2, 0) is 4.74 Å². The zero-order valence-corrected chi connectivity index (χ0v) is 20.8. The third-order valence-corrected chi connectivity index (χ3v) is 6.41. The summed E-state index contributed by atoms with van der Waals surface area (Å²) < 4.78 is 6.21. The van der Waals surface area contributed by atoms with Gasteiger partial charge in [-0.15, -0.1) is 0 Å². The molecule has 32 heavy (non-hydrogen) atoms. The summed E-state index contributed by atoms with van der Waals surface area (Å²) in [6.07, 6.45) is 20.9. The highest BCUT2D eigenvalue weighted by atomic mass is 16.5. The molecule has 0 saturated heterocycles. The van der Waals surface area contributed by atoms with Gasteiger partial charge in [0.1, 0.15) is 6.10 Å². The Kier molecular flexibility index (Phi) is 9.86. The van der Waals surface area contributed by atoms with E-state index in [0.29, 0.717) is 0 Å². The number of allylic oxidation sites excluding steroid dienone is 2. The minimum Gasteiger partial charge on any atom is -0.368 e. The van der Waals surface area contributed by atoms with E-state index in [-0.39, 0.29) is 6.10 Å². The SMILES string of the molecule is CCCCCCCCCCCC1=NC(=C2C(OCCC)C=C(c3ccc(C)[nH]3)N2C)C=C1. The molecule has 0 aliphatic carbocycles. The largest absolute Gasteiger partial charge is 0.368 e. The number of ether oxygens (including phenoxy) is 1. The second-order valence-electron chi connectivity index (χ2n) is 9.24. The van der Waals surface area contributed by atoms with Gasteiger partial charge in [0, 0.05) is 25.1 Å². The number of likely N-dealkylation sites (N-methyl/N-ethyl adjacent to an activating group) is 1. The summed E-state index contributed by atoms with van der Waals surface area (Å²) in [6.45, 7) is 7.28. The molecule has 1 aromatic heterocycles. The average molecular weight is 438 g/mol. The van der Waals surface area contributed by atoms with Gasteiger partial charge in [0.2, 0.25) is 0 Å². The van der Waals surface area contributed by atoms with Crippen molar-refractivity contribution in [3.05, 3.63) is 53.1 Å². The molecule has 1 atom stereocenters.